The molecule has 3 heteroatoms. The second-order valence-electron chi connectivity index (χ2n) is 5.23. The lowest BCUT2D eigenvalue weighted by Crippen LogP contribution is -2.23. The molecule has 0 heterocycles. The standard InChI is InChI=1S/C18H23NO2/c1-13-8-7-9-14(2)18(13)21-15(3)12-19-16-10-5-6-11-17(16)20-4/h5-11,15,19H,12H2,1-4H3. The van der Waals surface area contributed by atoms with Gasteiger partial charge in [-0.3, -0.25) is 0 Å². The second-order valence-corrected chi connectivity index (χ2v) is 5.23. The SMILES string of the molecule is COc1ccccc1NCC(C)Oc1c(C)cccc1C. The maximum absolute atomic E-state index is 6.07. The monoisotopic (exact) mass is 285 g/mol. The van der Waals surface area contributed by atoms with E-state index in [2.05, 4.69) is 44.3 Å². The number of benzene rings is 2. The molecule has 0 aliphatic carbocycles. The van der Waals surface area contributed by atoms with Gasteiger partial charge in [-0.25, -0.2) is 0 Å². The molecule has 1 atom stereocenters. The van der Waals surface area contributed by atoms with Crippen molar-refractivity contribution >= 4 is 5.69 Å². The molecule has 0 bridgehead atoms. The lowest BCUT2D eigenvalue weighted by molar-refractivity contribution is 0.231. The highest BCUT2D eigenvalue weighted by molar-refractivity contribution is 5.56. The lowest BCUT2D eigenvalue weighted by atomic mass is 10.1. The van der Waals surface area contributed by atoms with Crippen LogP contribution in [0.2, 0.25) is 0 Å². The molecule has 1 unspecified atom stereocenters. The molecule has 1 N–H and O–H groups in total. The van der Waals surface area contributed by atoms with Crippen LogP contribution in [0, 0.1) is 13.8 Å². The van der Waals surface area contributed by atoms with Crippen molar-refractivity contribution in [3.63, 3.8) is 0 Å². The average Bonchev–Trinajstić information content (AvgIpc) is 2.49. The number of para-hydroxylation sites is 3. The highest BCUT2D eigenvalue weighted by Gasteiger charge is 2.09. The third-order valence-corrected chi connectivity index (χ3v) is 3.41. The zero-order valence-electron chi connectivity index (χ0n) is 13.1. The van der Waals surface area contributed by atoms with E-state index in [1.807, 2.05) is 24.3 Å². The van der Waals surface area contributed by atoms with Crippen molar-refractivity contribution < 1.29 is 9.47 Å². The van der Waals surface area contributed by atoms with Crippen LogP contribution in [0.25, 0.3) is 0 Å². The van der Waals surface area contributed by atoms with E-state index < -0.39 is 0 Å². The summed E-state index contributed by atoms with van der Waals surface area (Å²) < 4.78 is 11.4. The number of nitrogens with one attached hydrogen (secondary N) is 1. The maximum atomic E-state index is 6.07. The summed E-state index contributed by atoms with van der Waals surface area (Å²) in [7, 11) is 1.68. The molecule has 0 spiro atoms. The lowest BCUT2D eigenvalue weighted by Gasteiger charge is -2.20. The van der Waals surface area contributed by atoms with Crippen LogP contribution < -0.4 is 14.8 Å². The van der Waals surface area contributed by atoms with E-state index in [0.717, 1.165) is 17.2 Å². The largest absolute Gasteiger partial charge is 0.495 e. The molecule has 0 saturated carbocycles. The normalized spacial score (nSPS) is 11.8. The molecule has 0 radical (unpaired) electrons. The third kappa shape index (κ3) is 3.91. The van der Waals surface area contributed by atoms with Gasteiger partial charge in [0, 0.05) is 0 Å². The molecule has 112 valence electrons. The number of anilines is 1. The minimum Gasteiger partial charge on any atom is -0.495 e. The summed E-state index contributed by atoms with van der Waals surface area (Å²) in [4.78, 5) is 0. The first kappa shape index (κ1) is 15.2. The van der Waals surface area contributed by atoms with Crippen molar-refractivity contribution in [1.29, 1.82) is 0 Å². The minimum atomic E-state index is 0.0645. The molecule has 2 rings (SSSR count). The van der Waals surface area contributed by atoms with Gasteiger partial charge < -0.3 is 14.8 Å². The summed E-state index contributed by atoms with van der Waals surface area (Å²) in [6.07, 6.45) is 0.0645. The molecule has 0 aromatic heterocycles. The zero-order chi connectivity index (χ0) is 15.2. The molecule has 3 nitrogen and oxygen atoms in total. The van der Waals surface area contributed by atoms with Crippen molar-refractivity contribution in [2.45, 2.75) is 26.9 Å². The van der Waals surface area contributed by atoms with Crippen LogP contribution in [0.4, 0.5) is 5.69 Å². The Morgan fingerprint density at radius 1 is 1.00 bits per heavy atom. The fourth-order valence-electron chi connectivity index (χ4n) is 2.27. The van der Waals surface area contributed by atoms with E-state index in [4.69, 9.17) is 9.47 Å². The fourth-order valence-corrected chi connectivity index (χ4v) is 2.27. The smallest absolute Gasteiger partial charge is 0.141 e. The Morgan fingerprint density at radius 2 is 1.67 bits per heavy atom. The van der Waals surface area contributed by atoms with Crippen LogP contribution in [-0.2, 0) is 0 Å². The Morgan fingerprint density at radius 3 is 2.33 bits per heavy atom. The van der Waals surface area contributed by atoms with Gasteiger partial charge in [0.05, 0.1) is 19.3 Å². The third-order valence-electron chi connectivity index (χ3n) is 3.41. The van der Waals surface area contributed by atoms with Crippen molar-refractivity contribution in [2.24, 2.45) is 0 Å². The van der Waals surface area contributed by atoms with Crippen LogP contribution in [0.1, 0.15) is 18.1 Å². The number of ether oxygens (including phenoxy) is 2. The molecular weight excluding hydrogens is 262 g/mol. The van der Waals surface area contributed by atoms with Crippen molar-refractivity contribution in [3.05, 3.63) is 53.6 Å². The molecular formula is C18H23NO2. The molecule has 0 amide bonds. The molecule has 0 fully saturated rings. The van der Waals surface area contributed by atoms with E-state index >= 15 is 0 Å². The zero-order valence-corrected chi connectivity index (χ0v) is 13.1. The van der Waals surface area contributed by atoms with Gasteiger partial charge in [0.25, 0.3) is 0 Å². The Kier molecular flexibility index (Phi) is 5.09. The number of hydrogen-bond acceptors (Lipinski definition) is 3. The molecule has 21 heavy (non-hydrogen) atoms. The van der Waals surface area contributed by atoms with Gasteiger partial charge in [-0.15, -0.1) is 0 Å². The van der Waals surface area contributed by atoms with Gasteiger partial charge in [-0.05, 0) is 44.0 Å². The predicted molar refractivity (Wildman–Crippen MR) is 87.5 cm³/mol. The highest BCUT2D eigenvalue weighted by atomic mass is 16.5. The van der Waals surface area contributed by atoms with Crippen molar-refractivity contribution in [3.8, 4) is 11.5 Å². The highest BCUT2D eigenvalue weighted by Crippen LogP contribution is 2.25. The summed E-state index contributed by atoms with van der Waals surface area (Å²) in [5.41, 5.74) is 3.32. The van der Waals surface area contributed by atoms with Crippen LogP contribution >= 0.6 is 0 Å². The molecule has 2 aromatic rings. The van der Waals surface area contributed by atoms with Gasteiger partial charge >= 0.3 is 0 Å². The fraction of sp³-hybridized carbons (Fsp3) is 0.333. The number of rotatable bonds is 6. The van der Waals surface area contributed by atoms with E-state index in [0.29, 0.717) is 6.54 Å². The first-order valence-electron chi connectivity index (χ1n) is 7.21. The van der Waals surface area contributed by atoms with Crippen LogP contribution in [0.15, 0.2) is 42.5 Å². The van der Waals surface area contributed by atoms with Crippen LogP contribution in [0.5, 0.6) is 11.5 Å². The Balaban J connectivity index is 1.98. The van der Waals surface area contributed by atoms with Gasteiger partial charge in [-0.2, -0.15) is 0 Å². The molecule has 0 aliphatic heterocycles. The summed E-state index contributed by atoms with van der Waals surface area (Å²) in [6.45, 7) is 6.92. The number of aryl methyl sites for hydroxylation is 2. The summed E-state index contributed by atoms with van der Waals surface area (Å²) in [6, 6.07) is 14.1. The van der Waals surface area contributed by atoms with Crippen LogP contribution in [-0.4, -0.2) is 19.8 Å². The maximum Gasteiger partial charge on any atom is 0.141 e. The van der Waals surface area contributed by atoms with Gasteiger partial charge in [0.15, 0.2) is 0 Å². The average molecular weight is 285 g/mol. The molecule has 2 aromatic carbocycles. The Hall–Kier alpha value is -2.16. The Bertz CT molecular complexity index is 575. The minimum absolute atomic E-state index is 0.0645. The topological polar surface area (TPSA) is 30.5 Å². The second kappa shape index (κ2) is 7.02. The van der Waals surface area contributed by atoms with E-state index in [1.165, 1.54) is 11.1 Å². The van der Waals surface area contributed by atoms with E-state index in [9.17, 15) is 0 Å². The first-order valence-corrected chi connectivity index (χ1v) is 7.21. The van der Waals surface area contributed by atoms with Crippen LogP contribution in [0.3, 0.4) is 0 Å². The van der Waals surface area contributed by atoms with Gasteiger partial charge in [0.2, 0.25) is 0 Å². The summed E-state index contributed by atoms with van der Waals surface area (Å²) in [5.74, 6) is 1.82. The number of methoxy groups -OCH3 is 1. The molecule has 0 saturated heterocycles. The summed E-state index contributed by atoms with van der Waals surface area (Å²) in [5, 5.41) is 3.37. The van der Waals surface area contributed by atoms with E-state index in [-0.39, 0.29) is 6.10 Å². The summed E-state index contributed by atoms with van der Waals surface area (Å²) >= 11 is 0. The van der Waals surface area contributed by atoms with Crippen molar-refractivity contribution in [1.82, 2.24) is 0 Å². The van der Waals surface area contributed by atoms with E-state index in [1.54, 1.807) is 7.11 Å². The number of hydrogen-bond donors (Lipinski definition) is 1. The van der Waals surface area contributed by atoms with Gasteiger partial charge in [0.1, 0.15) is 17.6 Å². The Labute approximate surface area is 126 Å². The first-order chi connectivity index (χ1) is 10.1. The predicted octanol–water partition coefficient (Wildman–Crippen LogP) is 4.19. The van der Waals surface area contributed by atoms with Crippen molar-refractivity contribution in [2.75, 3.05) is 19.0 Å². The quantitative estimate of drug-likeness (QED) is 0.863. The van der Waals surface area contributed by atoms with Gasteiger partial charge in [-0.1, -0.05) is 30.3 Å². The molecule has 0 aliphatic rings.